The van der Waals surface area contributed by atoms with E-state index in [0.29, 0.717) is 0 Å². The van der Waals surface area contributed by atoms with Crippen molar-refractivity contribution in [1.82, 2.24) is 0 Å². The van der Waals surface area contributed by atoms with E-state index >= 15 is 0 Å². The van der Waals surface area contributed by atoms with E-state index in [2.05, 4.69) is 5.32 Å². The second kappa shape index (κ2) is 8.15. The van der Waals surface area contributed by atoms with Crippen molar-refractivity contribution in [3.8, 4) is 0 Å². The molecule has 1 amide bonds. The lowest BCUT2D eigenvalue weighted by molar-refractivity contribution is -0.384. The summed E-state index contributed by atoms with van der Waals surface area (Å²) < 4.78 is 4.85. The van der Waals surface area contributed by atoms with Gasteiger partial charge < -0.3 is 10.1 Å². The Morgan fingerprint density at radius 1 is 1.08 bits per heavy atom. The summed E-state index contributed by atoms with van der Waals surface area (Å²) in [5.41, 5.74) is -0.204. The third kappa shape index (κ3) is 5.06. The number of nitro benzene ring substituents is 1. The third-order valence-electron chi connectivity index (χ3n) is 2.91. The van der Waals surface area contributed by atoms with Gasteiger partial charge in [0.2, 0.25) is 0 Å². The Morgan fingerprint density at radius 2 is 1.76 bits per heavy atom. The molecule has 0 saturated carbocycles. The molecular weight excluding hydrogens is 395 g/mol. The van der Waals surface area contributed by atoms with Gasteiger partial charge in [-0.05, 0) is 30.3 Å². The van der Waals surface area contributed by atoms with Gasteiger partial charge in [0, 0.05) is 16.8 Å². The molecule has 0 spiro atoms. The maximum atomic E-state index is 11.9. The lowest BCUT2D eigenvalue weighted by Gasteiger charge is -2.08. The predicted octanol–water partition coefficient (Wildman–Crippen LogP) is 4.35. The monoisotopic (exact) mass is 402 g/mol. The Hall–Kier alpha value is -2.35. The topological polar surface area (TPSA) is 98.5 Å². The molecule has 7 nitrogen and oxygen atoms in total. The van der Waals surface area contributed by atoms with Crippen LogP contribution >= 0.6 is 34.8 Å². The van der Waals surface area contributed by atoms with Crippen molar-refractivity contribution in [2.75, 3.05) is 11.9 Å². The maximum absolute atomic E-state index is 11.9. The number of anilines is 1. The van der Waals surface area contributed by atoms with Gasteiger partial charge in [0.1, 0.15) is 5.02 Å². The minimum atomic E-state index is -0.829. The first-order chi connectivity index (χ1) is 11.8. The highest BCUT2D eigenvalue weighted by atomic mass is 35.5. The lowest BCUT2D eigenvalue weighted by Crippen LogP contribution is -2.21. The molecule has 0 fully saturated rings. The number of amides is 1. The fourth-order valence-electron chi connectivity index (χ4n) is 1.79. The molecule has 0 aromatic heterocycles. The Morgan fingerprint density at radius 3 is 2.44 bits per heavy atom. The second-order valence-electron chi connectivity index (χ2n) is 4.67. The van der Waals surface area contributed by atoms with Crippen molar-refractivity contribution in [3.05, 3.63) is 67.1 Å². The average molecular weight is 404 g/mol. The quantitative estimate of drug-likeness (QED) is 0.454. The molecule has 2 aromatic carbocycles. The molecule has 0 atom stereocenters. The number of carbonyl (C=O) groups excluding carboxylic acids is 2. The van der Waals surface area contributed by atoms with E-state index in [1.54, 1.807) is 0 Å². The zero-order valence-electron chi connectivity index (χ0n) is 12.3. The molecule has 2 aromatic rings. The second-order valence-corrected chi connectivity index (χ2v) is 5.92. The highest BCUT2D eigenvalue weighted by molar-refractivity contribution is 6.35. The molecule has 0 aliphatic heterocycles. The Labute approximate surface area is 156 Å². The molecule has 0 saturated heterocycles. The van der Waals surface area contributed by atoms with E-state index < -0.39 is 23.4 Å². The first-order valence-corrected chi connectivity index (χ1v) is 7.77. The van der Waals surface area contributed by atoms with Crippen molar-refractivity contribution in [2.24, 2.45) is 0 Å². The first-order valence-electron chi connectivity index (χ1n) is 6.64. The summed E-state index contributed by atoms with van der Waals surface area (Å²) in [6, 6.07) is 7.98. The van der Waals surface area contributed by atoms with Crippen LogP contribution in [-0.2, 0) is 9.53 Å². The Bertz CT molecular complexity index is 857. The summed E-state index contributed by atoms with van der Waals surface area (Å²) in [6.07, 6.45) is 0. The Balaban J connectivity index is 1.99. The predicted molar refractivity (Wildman–Crippen MR) is 93.5 cm³/mol. The van der Waals surface area contributed by atoms with Crippen LogP contribution in [0.2, 0.25) is 15.1 Å². The molecule has 0 heterocycles. The summed E-state index contributed by atoms with van der Waals surface area (Å²) in [6.45, 7) is -0.613. The van der Waals surface area contributed by atoms with Crippen molar-refractivity contribution in [2.45, 2.75) is 0 Å². The van der Waals surface area contributed by atoms with Crippen LogP contribution in [0.25, 0.3) is 0 Å². The van der Waals surface area contributed by atoms with Crippen LogP contribution in [0.3, 0.4) is 0 Å². The molecule has 25 heavy (non-hydrogen) atoms. The van der Waals surface area contributed by atoms with Gasteiger partial charge in [-0.2, -0.15) is 0 Å². The summed E-state index contributed by atoms with van der Waals surface area (Å²) in [4.78, 5) is 33.9. The van der Waals surface area contributed by atoms with E-state index in [4.69, 9.17) is 39.5 Å². The van der Waals surface area contributed by atoms with E-state index in [0.717, 1.165) is 6.07 Å². The summed E-state index contributed by atoms with van der Waals surface area (Å²) in [7, 11) is 0. The van der Waals surface area contributed by atoms with Gasteiger partial charge >= 0.3 is 5.97 Å². The van der Waals surface area contributed by atoms with Gasteiger partial charge in [-0.15, -0.1) is 0 Å². The number of nitrogens with one attached hydrogen (secondary N) is 1. The lowest BCUT2D eigenvalue weighted by atomic mass is 10.2. The summed E-state index contributed by atoms with van der Waals surface area (Å²) in [5.74, 6) is -1.52. The molecule has 1 N–H and O–H groups in total. The first kappa shape index (κ1) is 19.0. The number of hydrogen-bond donors (Lipinski definition) is 1. The zero-order valence-corrected chi connectivity index (χ0v) is 14.6. The number of nitrogens with zero attached hydrogens (tertiary/aromatic N) is 1. The van der Waals surface area contributed by atoms with Crippen LogP contribution in [0.4, 0.5) is 11.4 Å². The largest absolute Gasteiger partial charge is 0.452 e. The van der Waals surface area contributed by atoms with E-state index in [-0.39, 0.29) is 32.0 Å². The van der Waals surface area contributed by atoms with Crippen LogP contribution in [0.5, 0.6) is 0 Å². The SMILES string of the molecule is O=C(COC(=O)c1cc(Cl)ccc1Cl)Nc1ccc(Cl)c([N+](=O)[O-])c1. The highest BCUT2D eigenvalue weighted by Gasteiger charge is 2.16. The van der Waals surface area contributed by atoms with Gasteiger partial charge in [0.25, 0.3) is 11.6 Å². The number of carbonyl (C=O) groups is 2. The summed E-state index contributed by atoms with van der Waals surface area (Å²) in [5, 5.41) is 13.5. The average Bonchev–Trinajstić information content (AvgIpc) is 2.56. The van der Waals surface area contributed by atoms with Crippen LogP contribution in [0.15, 0.2) is 36.4 Å². The smallest absolute Gasteiger partial charge is 0.340 e. The molecule has 0 aliphatic rings. The molecular formula is C15H9Cl3N2O5. The highest BCUT2D eigenvalue weighted by Crippen LogP contribution is 2.27. The van der Waals surface area contributed by atoms with E-state index in [1.165, 1.54) is 30.3 Å². The van der Waals surface area contributed by atoms with Gasteiger partial charge in [-0.1, -0.05) is 34.8 Å². The number of halogens is 3. The van der Waals surface area contributed by atoms with Crippen LogP contribution in [0, 0.1) is 10.1 Å². The molecule has 130 valence electrons. The molecule has 10 heteroatoms. The molecule has 0 radical (unpaired) electrons. The fraction of sp³-hybridized carbons (Fsp3) is 0.0667. The van der Waals surface area contributed by atoms with E-state index in [1.807, 2.05) is 0 Å². The molecule has 0 bridgehead atoms. The minimum absolute atomic E-state index is 0.0177. The van der Waals surface area contributed by atoms with Crippen molar-refractivity contribution >= 4 is 58.1 Å². The van der Waals surface area contributed by atoms with E-state index in [9.17, 15) is 19.7 Å². The number of nitro groups is 1. The normalized spacial score (nSPS) is 10.2. The van der Waals surface area contributed by atoms with Crippen molar-refractivity contribution < 1.29 is 19.2 Å². The minimum Gasteiger partial charge on any atom is -0.452 e. The molecule has 0 unspecified atom stereocenters. The fourth-order valence-corrected chi connectivity index (χ4v) is 2.34. The standard InChI is InChI=1S/C15H9Cl3N2O5/c16-8-1-3-11(17)10(5-8)15(22)25-7-14(21)19-9-2-4-12(18)13(6-9)20(23)24/h1-6H,7H2,(H,19,21). The third-order valence-corrected chi connectivity index (χ3v) is 3.79. The van der Waals surface area contributed by atoms with Gasteiger partial charge in [0.15, 0.2) is 6.61 Å². The number of esters is 1. The maximum Gasteiger partial charge on any atom is 0.340 e. The van der Waals surface area contributed by atoms with Crippen molar-refractivity contribution in [3.63, 3.8) is 0 Å². The number of ether oxygens (including phenoxy) is 1. The van der Waals surface area contributed by atoms with Crippen LogP contribution in [0.1, 0.15) is 10.4 Å². The zero-order chi connectivity index (χ0) is 18.6. The summed E-state index contributed by atoms with van der Waals surface area (Å²) >= 11 is 17.3. The number of rotatable bonds is 5. The number of hydrogen-bond acceptors (Lipinski definition) is 5. The van der Waals surface area contributed by atoms with Gasteiger partial charge in [0.05, 0.1) is 15.5 Å². The number of benzene rings is 2. The van der Waals surface area contributed by atoms with Gasteiger partial charge in [-0.25, -0.2) is 4.79 Å². The Kier molecular flexibility index (Phi) is 6.19. The molecule has 2 rings (SSSR count). The van der Waals surface area contributed by atoms with Crippen molar-refractivity contribution in [1.29, 1.82) is 0 Å². The van der Waals surface area contributed by atoms with Gasteiger partial charge in [-0.3, -0.25) is 14.9 Å². The van der Waals surface area contributed by atoms with Crippen LogP contribution in [-0.4, -0.2) is 23.4 Å². The molecule has 0 aliphatic carbocycles. The van der Waals surface area contributed by atoms with Crippen LogP contribution < -0.4 is 5.32 Å².